The predicted octanol–water partition coefficient (Wildman–Crippen LogP) is 6.04. The predicted molar refractivity (Wildman–Crippen MR) is 93.8 cm³/mol. The lowest BCUT2D eigenvalue weighted by Crippen LogP contribution is -2.04. The van der Waals surface area contributed by atoms with E-state index in [-0.39, 0.29) is 0 Å². The van der Waals surface area contributed by atoms with Crippen LogP contribution in [0.5, 0.6) is 5.75 Å². The average Bonchev–Trinajstić information content (AvgIpc) is 2.57. The molecule has 22 heavy (non-hydrogen) atoms. The summed E-state index contributed by atoms with van der Waals surface area (Å²) in [4.78, 5) is 0. The molecule has 0 heterocycles. The van der Waals surface area contributed by atoms with E-state index in [4.69, 9.17) is 0 Å². The van der Waals surface area contributed by atoms with E-state index in [1.807, 2.05) is 12.1 Å². The molecule has 0 aliphatic heterocycles. The molecule has 0 fully saturated rings. The Morgan fingerprint density at radius 2 is 1.50 bits per heavy atom. The molecule has 1 nitrogen and oxygen atoms in total. The van der Waals surface area contributed by atoms with Crippen molar-refractivity contribution in [3.8, 4) is 16.9 Å². The number of rotatable bonds is 4. The fourth-order valence-electron chi connectivity index (χ4n) is 3.35. The van der Waals surface area contributed by atoms with Crippen molar-refractivity contribution >= 4 is 5.57 Å². The molecule has 0 radical (unpaired) electrons. The quantitative estimate of drug-likeness (QED) is 0.728. The Labute approximate surface area is 133 Å². The van der Waals surface area contributed by atoms with E-state index in [1.165, 1.54) is 48.8 Å². The van der Waals surface area contributed by atoms with Crippen LogP contribution in [-0.2, 0) is 0 Å². The Hall–Kier alpha value is -2.02. The average molecular weight is 292 g/mol. The third-order valence-corrected chi connectivity index (χ3v) is 4.67. The van der Waals surface area contributed by atoms with Crippen LogP contribution in [0.15, 0.2) is 54.6 Å². The lowest BCUT2D eigenvalue weighted by Gasteiger charge is -2.21. The van der Waals surface area contributed by atoms with E-state index in [0.29, 0.717) is 5.75 Å². The number of hydrogen-bond acceptors (Lipinski definition) is 1. The van der Waals surface area contributed by atoms with Crippen molar-refractivity contribution in [2.45, 2.75) is 39.0 Å². The molecule has 0 spiro atoms. The van der Waals surface area contributed by atoms with Gasteiger partial charge in [-0.25, -0.2) is 0 Å². The number of benzene rings is 2. The first kappa shape index (κ1) is 14.9. The number of allylic oxidation sites excluding steroid dienone is 2. The first-order valence-electron chi connectivity index (χ1n) is 8.35. The highest BCUT2D eigenvalue weighted by atomic mass is 16.3. The van der Waals surface area contributed by atoms with Crippen LogP contribution in [0.2, 0.25) is 0 Å². The van der Waals surface area contributed by atoms with Gasteiger partial charge in [-0.2, -0.15) is 0 Å². The SMILES string of the molecule is CCCC1CC=C(c2ccc(-c3ccc(O)cc3)cc2)CC1. The number of phenols is 1. The van der Waals surface area contributed by atoms with Crippen LogP contribution in [0.1, 0.15) is 44.6 Å². The molecule has 2 aromatic rings. The number of aromatic hydroxyl groups is 1. The van der Waals surface area contributed by atoms with Crippen molar-refractivity contribution in [1.82, 2.24) is 0 Å². The second-order valence-electron chi connectivity index (χ2n) is 6.28. The molecule has 1 aliphatic rings. The lowest BCUT2D eigenvalue weighted by molar-refractivity contribution is 0.445. The molecule has 1 aliphatic carbocycles. The minimum Gasteiger partial charge on any atom is -0.508 e. The van der Waals surface area contributed by atoms with E-state index in [9.17, 15) is 5.11 Å². The van der Waals surface area contributed by atoms with Crippen LogP contribution < -0.4 is 0 Å². The summed E-state index contributed by atoms with van der Waals surface area (Å²) in [5.41, 5.74) is 5.20. The van der Waals surface area contributed by atoms with Gasteiger partial charge >= 0.3 is 0 Å². The van der Waals surface area contributed by atoms with Crippen LogP contribution in [0, 0.1) is 5.92 Å². The van der Waals surface area contributed by atoms with Gasteiger partial charge in [-0.05, 0) is 59.6 Å². The summed E-state index contributed by atoms with van der Waals surface area (Å²) in [5, 5.41) is 9.37. The molecule has 3 rings (SSSR count). The van der Waals surface area contributed by atoms with Crippen LogP contribution in [-0.4, -0.2) is 5.11 Å². The Balaban J connectivity index is 1.73. The van der Waals surface area contributed by atoms with Gasteiger partial charge in [0, 0.05) is 0 Å². The minimum atomic E-state index is 0.314. The Bertz CT molecular complexity index is 635. The smallest absolute Gasteiger partial charge is 0.115 e. The summed E-state index contributed by atoms with van der Waals surface area (Å²) in [6.45, 7) is 2.28. The summed E-state index contributed by atoms with van der Waals surface area (Å²) < 4.78 is 0. The van der Waals surface area contributed by atoms with E-state index in [1.54, 1.807) is 12.1 Å². The topological polar surface area (TPSA) is 20.2 Å². The van der Waals surface area contributed by atoms with Crippen molar-refractivity contribution in [3.63, 3.8) is 0 Å². The molecule has 1 atom stereocenters. The maximum atomic E-state index is 9.37. The largest absolute Gasteiger partial charge is 0.508 e. The van der Waals surface area contributed by atoms with Crippen LogP contribution >= 0.6 is 0 Å². The normalized spacial score (nSPS) is 18.0. The molecule has 2 aromatic carbocycles. The van der Waals surface area contributed by atoms with E-state index >= 15 is 0 Å². The van der Waals surface area contributed by atoms with Gasteiger partial charge in [0.2, 0.25) is 0 Å². The molecule has 0 amide bonds. The van der Waals surface area contributed by atoms with E-state index < -0.39 is 0 Å². The zero-order valence-electron chi connectivity index (χ0n) is 13.3. The van der Waals surface area contributed by atoms with Crippen LogP contribution in [0.25, 0.3) is 16.7 Å². The van der Waals surface area contributed by atoms with E-state index in [0.717, 1.165) is 11.5 Å². The monoisotopic (exact) mass is 292 g/mol. The highest BCUT2D eigenvalue weighted by molar-refractivity contribution is 5.71. The third kappa shape index (κ3) is 3.41. The van der Waals surface area contributed by atoms with Gasteiger partial charge in [-0.15, -0.1) is 0 Å². The van der Waals surface area contributed by atoms with Gasteiger partial charge in [0.15, 0.2) is 0 Å². The lowest BCUT2D eigenvalue weighted by atomic mass is 9.84. The van der Waals surface area contributed by atoms with E-state index in [2.05, 4.69) is 37.3 Å². The van der Waals surface area contributed by atoms with Gasteiger partial charge in [0.1, 0.15) is 5.75 Å². The van der Waals surface area contributed by atoms with Gasteiger partial charge < -0.3 is 5.11 Å². The second kappa shape index (κ2) is 6.83. The van der Waals surface area contributed by atoms with Crippen molar-refractivity contribution < 1.29 is 5.11 Å². The molecule has 114 valence electrons. The van der Waals surface area contributed by atoms with Crippen molar-refractivity contribution in [2.24, 2.45) is 5.92 Å². The summed E-state index contributed by atoms with van der Waals surface area (Å²) in [7, 11) is 0. The van der Waals surface area contributed by atoms with Gasteiger partial charge in [0.05, 0.1) is 0 Å². The first-order valence-corrected chi connectivity index (χ1v) is 8.35. The van der Waals surface area contributed by atoms with Crippen LogP contribution in [0.3, 0.4) is 0 Å². The first-order chi connectivity index (χ1) is 10.8. The van der Waals surface area contributed by atoms with Crippen LogP contribution in [0.4, 0.5) is 0 Å². The number of hydrogen-bond donors (Lipinski definition) is 1. The fraction of sp³-hybridized carbons (Fsp3) is 0.333. The Morgan fingerprint density at radius 1 is 0.909 bits per heavy atom. The molecule has 1 N–H and O–H groups in total. The molecule has 0 saturated heterocycles. The highest BCUT2D eigenvalue weighted by Crippen LogP contribution is 2.33. The standard InChI is InChI=1S/C21H24O/c1-2-3-16-4-6-17(7-5-16)18-8-10-19(11-9-18)20-12-14-21(22)15-13-20/h6,8-16,22H,2-5,7H2,1H3. The number of phenolic OH excluding ortho intramolecular Hbond substituents is 1. The fourth-order valence-corrected chi connectivity index (χ4v) is 3.35. The Kier molecular flexibility index (Phi) is 4.62. The van der Waals surface area contributed by atoms with Gasteiger partial charge in [-0.1, -0.05) is 62.2 Å². The molecule has 1 heteroatoms. The summed E-state index contributed by atoms with van der Waals surface area (Å²) in [6.07, 6.45) is 8.89. The molecule has 0 saturated carbocycles. The summed E-state index contributed by atoms with van der Waals surface area (Å²) in [5.74, 6) is 1.21. The molecule has 1 unspecified atom stereocenters. The van der Waals surface area contributed by atoms with Crippen molar-refractivity contribution in [2.75, 3.05) is 0 Å². The third-order valence-electron chi connectivity index (χ3n) is 4.67. The molecule has 0 aromatic heterocycles. The van der Waals surface area contributed by atoms with Gasteiger partial charge in [-0.3, -0.25) is 0 Å². The van der Waals surface area contributed by atoms with Crippen molar-refractivity contribution in [3.05, 3.63) is 60.2 Å². The second-order valence-corrected chi connectivity index (χ2v) is 6.28. The molecular weight excluding hydrogens is 268 g/mol. The Morgan fingerprint density at radius 3 is 2.05 bits per heavy atom. The minimum absolute atomic E-state index is 0.314. The highest BCUT2D eigenvalue weighted by Gasteiger charge is 2.14. The summed E-state index contributed by atoms with van der Waals surface area (Å²) in [6, 6.07) is 16.2. The van der Waals surface area contributed by atoms with Gasteiger partial charge in [0.25, 0.3) is 0 Å². The molecular formula is C21H24O. The zero-order chi connectivity index (χ0) is 15.4. The maximum absolute atomic E-state index is 9.37. The maximum Gasteiger partial charge on any atom is 0.115 e. The summed E-state index contributed by atoms with van der Waals surface area (Å²) >= 11 is 0. The molecule has 0 bridgehead atoms. The van der Waals surface area contributed by atoms with Crippen molar-refractivity contribution in [1.29, 1.82) is 0 Å². The zero-order valence-corrected chi connectivity index (χ0v) is 13.3.